The van der Waals surface area contributed by atoms with Crippen LogP contribution in [0.5, 0.6) is 5.75 Å². The van der Waals surface area contributed by atoms with E-state index in [1.54, 1.807) is 19.3 Å². The van der Waals surface area contributed by atoms with Crippen molar-refractivity contribution in [2.45, 2.75) is 19.4 Å². The van der Waals surface area contributed by atoms with Gasteiger partial charge in [0.25, 0.3) is 0 Å². The van der Waals surface area contributed by atoms with Crippen LogP contribution in [0.15, 0.2) is 53.5 Å². The fraction of sp³-hybridized carbons (Fsp3) is 0.294. The van der Waals surface area contributed by atoms with Gasteiger partial charge in [-0.15, -0.1) is 0 Å². The van der Waals surface area contributed by atoms with E-state index in [2.05, 4.69) is 5.32 Å². The van der Waals surface area contributed by atoms with Gasteiger partial charge in [-0.3, -0.25) is 9.59 Å². The van der Waals surface area contributed by atoms with Gasteiger partial charge in [-0.2, -0.15) is 0 Å². The zero-order chi connectivity index (χ0) is 15.8. The van der Waals surface area contributed by atoms with Gasteiger partial charge in [0, 0.05) is 32.3 Å². The number of nitrogens with one attached hydrogen (secondary N) is 1. The summed E-state index contributed by atoms with van der Waals surface area (Å²) in [5.41, 5.74) is 0.837. The highest BCUT2D eigenvalue weighted by Crippen LogP contribution is 2.08. The van der Waals surface area contributed by atoms with Crippen LogP contribution in [0.2, 0.25) is 0 Å². The van der Waals surface area contributed by atoms with Crippen molar-refractivity contribution in [1.82, 2.24) is 9.88 Å². The number of carbonyl (C=O) groups excluding carboxylic acids is 1. The number of rotatable bonds is 7. The molecular formula is C17H20N2O3. The Morgan fingerprint density at radius 2 is 1.95 bits per heavy atom. The Kier molecular flexibility index (Phi) is 5.77. The first-order valence-electron chi connectivity index (χ1n) is 7.25. The molecule has 2 rings (SSSR count). The standard InChI is InChI=1S/C17H20N2O3/c1-19-13-14(9-10-17(19)21)12-18-16(20)8-5-11-22-15-6-3-2-4-7-15/h2-4,6-7,9-10,13H,5,8,11-12H2,1H3,(H,18,20). The number of amides is 1. The summed E-state index contributed by atoms with van der Waals surface area (Å²) in [5.74, 6) is 0.790. The molecule has 0 unspecified atom stereocenters. The molecule has 0 aliphatic heterocycles. The van der Waals surface area contributed by atoms with Crippen LogP contribution < -0.4 is 15.6 Å². The molecule has 0 bridgehead atoms. The topological polar surface area (TPSA) is 60.3 Å². The van der Waals surface area contributed by atoms with E-state index in [9.17, 15) is 9.59 Å². The van der Waals surface area contributed by atoms with Crippen LogP contribution in [0.3, 0.4) is 0 Å². The Morgan fingerprint density at radius 1 is 1.18 bits per heavy atom. The first-order chi connectivity index (χ1) is 10.6. The van der Waals surface area contributed by atoms with Crippen molar-refractivity contribution < 1.29 is 9.53 Å². The molecule has 2 aromatic rings. The molecule has 0 atom stereocenters. The summed E-state index contributed by atoms with van der Waals surface area (Å²) < 4.78 is 7.03. The maximum atomic E-state index is 11.7. The third-order valence-corrected chi connectivity index (χ3v) is 3.20. The van der Waals surface area contributed by atoms with Gasteiger partial charge in [-0.25, -0.2) is 0 Å². The van der Waals surface area contributed by atoms with Gasteiger partial charge in [-0.05, 0) is 24.1 Å². The number of hydrogen-bond donors (Lipinski definition) is 1. The van der Waals surface area contributed by atoms with Gasteiger partial charge in [0.1, 0.15) is 5.75 Å². The molecule has 22 heavy (non-hydrogen) atoms. The normalized spacial score (nSPS) is 10.2. The SMILES string of the molecule is Cn1cc(CNC(=O)CCCOc2ccccc2)ccc1=O. The maximum absolute atomic E-state index is 11.7. The van der Waals surface area contributed by atoms with E-state index >= 15 is 0 Å². The van der Waals surface area contributed by atoms with Crippen LogP contribution in [0.25, 0.3) is 0 Å². The fourth-order valence-electron chi connectivity index (χ4n) is 1.98. The summed E-state index contributed by atoms with van der Waals surface area (Å²) in [4.78, 5) is 23.0. The van der Waals surface area contributed by atoms with Gasteiger partial charge >= 0.3 is 0 Å². The van der Waals surface area contributed by atoms with Crippen LogP contribution in [-0.4, -0.2) is 17.1 Å². The Hall–Kier alpha value is -2.56. The minimum absolute atomic E-state index is 0.0227. The number of hydrogen-bond acceptors (Lipinski definition) is 3. The molecule has 1 heterocycles. The third kappa shape index (κ3) is 5.09. The zero-order valence-corrected chi connectivity index (χ0v) is 12.6. The zero-order valence-electron chi connectivity index (χ0n) is 12.6. The van der Waals surface area contributed by atoms with Gasteiger partial charge in [-0.1, -0.05) is 24.3 Å². The Morgan fingerprint density at radius 3 is 2.68 bits per heavy atom. The number of para-hydroxylation sites is 1. The Balaban J connectivity index is 1.65. The number of aryl methyl sites for hydroxylation is 1. The molecule has 0 aliphatic carbocycles. The van der Waals surface area contributed by atoms with Crippen molar-refractivity contribution in [3.63, 3.8) is 0 Å². The number of carbonyl (C=O) groups is 1. The molecule has 1 aromatic heterocycles. The lowest BCUT2D eigenvalue weighted by molar-refractivity contribution is -0.121. The monoisotopic (exact) mass is 300 g/mol. The molecule has 0 aliphatic rings. The predicted octanol–water partition coefficient (Wildman–Crippen LogP) is 1.86. The van der Waals surface area contributed by atoms with Crippen LogP contribution in [0.1, 0.15) is 18.4 Å². The van der Waals surface area contributed by atoms with Crippen LogP contribution in [0.4, 0.5) is 0 Å². The average molecular weight is 300 g/mol. The van der Waals surface area contributed by atoms with Crippen LogP contribution >= 0.6 is 0 Å². The van der Waals surface area contributed by atoms with E-state index in [-0.39, 0.29) is 11.5 Å². The molecule has 0 saturated carbocycles. The largest absolute Gasteiger partial charge is 0.494 e. The van der Waals surface area contributed by atoms with Crippen molar-refractivity contribution >= 4 is 5.91 Å². The Bertz CT molecular complexity index is 665. The summed E-state index contributed by atoms with van der Waals surface area (Å²) >= 11 is 0. The van der Waals surface area contributed by atoms with E-state index in [1.165, 1.54) is 10.6 Å². The lowest BCUT2D eigenvalue weighted by atomic mass is 10.2. The number of nitrogens with zero attached hydrogens (tertiary/aromatic N) is 1. The highest BCUT2D eigenvalue weighted by Gasteiger charge is 2.02. The fourth-order valence-corrected chi connectivity index (χ4v) is 1.98. The lowest BCUT2D eigenvalue weighted by Gasteiger charge is -2.07. The summed E-state index contributed by atoms with van der Waals surface area (Å²) in [7, 11) is 1.69. The molecule has 1 amide bonds. The minimum atomic E-state index is -0.0619. The summed E-state index contributed by atoms with van der Waals surface area (Å²) in [6.07, 6.45) is 2.80. The first-order valence-corrected chi connectivity index (χ1v) is 7.25. The molecule has 0 fully saturated rings. The second kappa shape index (κ2) is 8.02. The van der Waals surface area contributed by atoms with E-state index in [1.807, 2.05) is 30.3 Å². The number of benzene rings is 1. The first kappa shape index (κ1) is 15.8. The summed E-state index contributed by atoms with van der Waals surface area (Å²) in [5, 5.41) is 2.83. The number of pyridine rings is 1. The molecule has 0 saturated heterocycles. The molecule has 0 spiro atoms. The predicted molar refractivity (Wildman–Crippen MR) is 84.7 cm³/mol. The molecule has 116 valence electrons. The number of ether oxygens (including phenoxy) is 1. The second-order valence-electron chi connectivity index (χ2n) is 5.03. The highest BCUT2D eigenvalue weighted by atomic mass is 16.5. The lowest BCUT2D eigenvalue weighted by Crippen LogP contribution is -2.24. The molecule has 5 nitrogen and oxygen atoms in total. The quantitative estimate of drug-likeness (QED) is 0.794. The van der Waals surface area contributed by atoms with E-state index in [0.29, 0.717) is 26.0 Å². The molecular weight excluding hydrogens is 280 g/mol. The van der Waals surface area contributed by atoms with Gasteiger partial charge in [0.15, 0.2) is 0 Å². The van der Waals surface area contributed by atoms with Crippen LogP contribution in [0, 0.1) is 0 Å². The summed E-state index contributed by atoms with van der Waals surface area (Å²) in [6.45, 7) is 0.934. The van der Waals surface area contributed by atoms with Crippen LogP contribution in [-0.2, 0) is 18.4 Å². The van der Waals surface area contributed by atoms with Gasteiger partial charge < -0.3 is 14.6 Å². The van der Waals surface area contributed by atoms with Crippen molar-refractivity contribution in [3.8, 4) is 5.75 Å². The van der Waals surface area contributed by atoms with E-state index in [4.69, 9.17) is 4.74 Å². The van der Waals surface area contributed by atoms with Gasteiger partial charge in [0.05, 0.1) is 6.61 Å². The van der Waals surface area contributed by atoms with Crippen molar-refractivity contribution in [1.29, 1.82) is 0 Å². The summed E-state index contributed by atoms with van der Waals surface area (Å²) in [6, 6.07) is 12.7. The maximum Gasteiger partial charge on any atom is 0.250 e. The van der Waals surface area contributed by atoms with Crippen molar-refractivity contribution in [2.75, 3.05) is 6.61 Å². The Labute approximate surface area is 129 Å². The average Bonchev–Trinajstić information content (AvgIpc) is 2.54. The van der Waals surface area contributed by atoms with E-state index in [0.717, 1.165) is 11.3 Å². The molecule has 1 N–H and O–H groups in total. The minimum Gasteiger partial charge on any atom is -0.494 e. The molecule has 1 aromatic carbocycles. The van der Waals surface area contributed by atoms with Gasteiger partial charge in [0.2, 0.25) is 11.5 Å². The molecule has 0 radical (unpaired) electrons. The number of aromatic nitrogens is 1. The second-order valence-corrected chi connectivity index (χ2v) is 5.03. The highest BCUT2D eigenvalue weighted by molar-refractivity contribution is 5.75. The van der Waals surface area contributed by atoms with Crippen molar-refractivity contribution in [3.05, 3.63) is 64.6 Å². The molecule has 5 heteroatoms. The third-order valence-electron chi connectivity index (χ3n) is 3.20. The van der Waals surface area contributed by atoms with Crippen molar-refractivity contribution in [2.24, 2.45) is 7.05 Å². The smallest absolute Gasteiger partial charge is 0.250 e. The van der Waals surface area contributed by atoms with E-state index < -0.39 is 0 Å².